The molecule has 6 aliphatic carbocycles. The molecule has 4 unspecified atom stereocenters. The Hall–Kier alpha value is -1.44. The Morgan fingerprint density at radius 3 is 2.37 bits per heavy atom. The van der Waals surface area contributed by atoms with Crippen LogP contribution in [0, 0.1) is 56.7 Å². The third-order valence-corrected chi connectivity index (χ3v) is 17.2. The highest BCUT2D eigenvalue weighted by Gasteiger charge is 2.84. The van der Waals surface area contributed by atoms with Crippen molar-refractivity contribution in [2.45, 2.75) is 149 Å². The summed E-state index contributed by atoms with van der Waals surface area (Å²) in [6.07, 6.45) is 11.1. The number of ether oxygens (including phenoxy) is 3. The summed E-state index contributed by atoms with van der Waals surface area (Å²) in [4.78, 5) is 28.4. The molecule has 11 nitrogen and oxygen atoms in total. The molecule has 2 heterocycles. The van der Waals surface area contributed by atoms with E-state index in [9.17, 15) is 19.8 Å². The second-order valence-electron chi connectivity index (χ2n) is 19.6. The lowest BCUT2D eigenvalue weighted by atomic mass is 9.41. The minimum absolute atomic E-state index is 0.00424. The van der Waals surface area contributed by atoms with Gasteiger partial charge in [0.05, 0.1) is 37.6 Å². The number of amides is 1. The van der Waals surface area contributed by atoms with Gasteiger partial charge in [0.2, 0.25) is 5.91 Å². The Morgan fingerprint density at radius 2 is 1.69 bits per heavy atom. The molecule has 8 rings (SSSR count). The zero-order valence-corrected chi connectivity index (χ0v) is 33.3. The van der Waals surface area contributed by atoms with E-state index in [0.29, 0.717) is 67.7 Å². The van der Waals surface area contributed by atoms with Crippen molar-refractivity contribution in [2.75, 3.05) is 33.3 Å². The monoisotopic (exact) mass is 748 g/mol. The fourth-order valence-corrected chi connectivity index (χ4v) is 14.2. The van der Waals surface area contributed by atoms with E-state index in [2.05, 4.69) is 34.6 Å². The highest BCUT2D eigenvalue weighted by molar-refractivity contribution is 7.51. The van der Waals surface area contributed by atoms with Crippen LogP contribution >= 0.6 is 0 Å². The van der Waals surface area contributed by atoms with Crippen LogP contribution in [-0.2, 0) is 35.4 Å². The van der Waals surface area contributed by atoms with Gasteiger partial charge < -0.3 is 29.3 Å². The third-order valence-electron chi connectivity index (χ3n) is 17.2. The van der Waals surface area contributed by atoms with Crippen molar-refractivity contribution in [3.05, 3.63) is 0 Å². The minimum Gasteiger partial charge on any atom is -0.480 e. The molecule has 0 radical (unpaired) electrons. The van der Waals surface area contributed by atoms with Crippen molar-refractivity contribution >= 4 is 23.4 Å². The molecule has 0 bridgehead atoms. The maximum absolute atomic E-state index is 12.9. The number of carboxylic acid groups (broad SMARTS) is 1. The van der Waals surface area contributed by atoms with Crippen molar-refractivity contribution in [3.63, 3.8) is 0 Å². The number of rotatable bonds is 8. The standard InChI is InChI=1S/C40H64N2O7.O2S/c1-23-18-26(20-41(7)24(2)35(45)46)48-33-32(23)37(5)14-15-40-22-39(40)13-12-29(36(3,4)27(39)10-11-28(40)38(37,6)34(33)44)49-31-21-42(16-17-47-31)30(43)19-25-8-9-25;1-3-2/h23-29,31-34,44H,8-22H2,1-7H3,(H,45,46);/t23-,24-,26?,27+,28?,29?,31+,32+,33?,34+,37-,38-,39-,40+;/m1./s1. The average molecular weight is 749 g/mol. The maximum atomic E-state index is 12.9. The average Bonchev–Trinajstić information content (AvgIpc) is 4.01. The van der Waals surface area contributed by atoms with Gasteiger partial charge in [-0.15, -0.1) is 0 Å². The minimum atomic E-state index is -0.816. The molecule has 8 fully saturated rings. The third kappa shape index (κ3) is 5.80. The summed E-state index contributed by atoms with van der Waals surface area (Å²) in [5.41, 5.74) is 0.368. The van der Waals surface area contributed by atoms with Crippen LogP contribution in [0.3, 0.4) is 0 Å². The molecule has 0 aromatic carbocycles. The first-order chi connectivity index (χ1) is 24.5. The van der Waals surface area contributed by atoms with E-state index >= 15 is 0 Å². The van der Waals surface area contributed by atoms with Gasteiger partial charge in [-0.2, -0.15) is 8.42 Å². The van der Waals surface area contributed by atoms with E-state index < -0.39 is 29.7 Å². The van der Waals surface area contributed by atoms with Crippen LogP contribution in [0.2, 0.25) is 0 Å². The molecule has 14 atom stereocenters. The van der Waals surface area contributed by atoms with Crippen LogP contribution in [0.4, 0.5) is 0 Å². The molecule has 2 saturated heterocycles. The van der Waals surface area contributed by atoms with Gasteiger partial charge in [0, 0.05) is 24.9 Å². The maximum Gasteiger partial charge on any atom is 0.335 e. The number of hydrogen-bond acceptors (Lipinski definition) is 9. The van der Waals surface area contributed by atoms with Gasteiger partial charge in [-0.3, -0.25) is 14.5 Å². The van der Waals surface area contributed by atoms with Crippen LogP contribution in [0.1, 0.15) is 112 Å². The first-order valence-electron chi connectivity index (χ1n) is 20.2. The van der Waals surface area contributed by atoms with Crippen LogP contribution < -0.4 is 0 Å². The van der Waals surface area contributed by atoms with Gasteiger partial charge in [0.25, 0.3) is 0 Å². The number of carboxylic acids is 1. The number of nitrogens with zero attached hydrogens (tertiary/aromatic N) is 2. The highest BCUT2D eigenvalue weighted by Crippen LogP contribution is 2.89. The van der Waals surface area contributed by atoms with Crippen molar-refractivity contribution in [1.29, 1.82) is 0 Å². The number of aliphatic hydroxyl groups is 1. The van der Waals surface area contributed by atoms with Crippen LogP contribution in [-0.4, -0.2) is 110 Å². The van der Waals surface area contributed by atoms with Gasteiger partial charge in [-0.25, -0.2) is 0 Å². The zero-order chi connectivity index (χ0) is 37.6. The summed E-state index contributed by atoms with van der Waals surface area (Å²) in [6.45, 7) is 16.3. The predicted molar refractivity (Wildman–Crippen MR) is 193 cm³/mol. The molecule has 8 aliphatic rings. The lowest BCUT2D eigenvalue weighted by molar-refractivity contribution is -0.248. The molecule has 52 heavy (non-hydrogen) atoms. The number of fused-ring (bicyclic) bond motifs is 4. The summed E-state index contributed by atoms with van der Waals surface area (Å²) in [6, 6.07) is -0.570. The van der Waals surface area contributed by atoms with E-state index in [0.717, 1.165) is 25.7 Å². The molecule has 6 saturated carbocycles. The largest absolute Gasteiger partial charge is 0.480 e. The van der Waals surface area contributed by atoms with Gasteiger partial charge in [0.15, 0.2) is 6.29 Å². The molecule has 294 valence electrons. The van der Waals surface area contributed by atoms with Crippen molar-refractivity contribution in [2.24, 2.45) is 56.7 Å². The summed E-state index contributed by atoms with van der Waals surface area (Å²) < 4.78 is 36.4. The van der Waals surface area contributed by atoms with Crippen molar-refractivity contribution in [3.8, 4) is 0 Å². The number of hydrogen-bond donors (Lipinski definition) is 2. The summed E-state index contributed by atoms with van der Waals surface area (Å²) in [7, 11) is 1.87. The normalized spacial score (nSPS) is 47.7. The molecular weight excluding hydrogens is 685 g/mol. The Kier molecular flexibility index (Phi) is 10.2. The summed E-state index contributed by atoms with van der Waals surface area (Å²) in [5, 5.41) is 22.1. The SMILES string of the molecule is C[C@@H]1CC(CN(C)[C@H](C)C(=O)O)OC2[C@H]1[C@@]1(C)CC[C@@]34C[C@@]35CCC(O[C@H]3CN(C(=O)CC6CC6)CCO3)C(C)(C)[C@@H]5CCC4[C@]1(C)[C@H]2O.O=S=O. The number of carbonyl (C=O) groups is 2. The first kappa shape index (κ1) is 38.8. The number of morpholine rings is 1. The summed E-state index contributed by atoms with van der Waals surface area (Å²) >= 11 is -0.750. The van der Waals surface area contributed by atoms with Crippen LogP contribution in [0.15, 0.2) is 0 Å². The molecule has 2 spiro atoms. The Bertz CT molecular complexity index is 1440. The number of aliphatic carboxylic acids is 1. The quantitative estimate of drug-likeness (QED) is 0.352. The van der Waals surface area contributed by atoms with Gasteiger partial charge in [-0.05, 0) is 129 Å². The van der Waals surface area contributed by atoms with E-state index in [1.165, 1.54) is 38.5 Å². The number of carbonyl (C=O) groups excluding carboxylic acids is 1. The molecular formula is C40H64N2O9S. The number of likely N-dealkylation sites (N-methyl/N-ethyl adjacent to an activating group) is 1. The molecule has 12 heteroatoms. The molecule has 2 aliphatic heterocycles. The molecule has 0 aromatic rings. The topological polar surface area (TPSA) is 143 Å². The second kappa shape index (κ2) is 13.6. The lowest BCUT2D eigenvalue weighted by Gasteiger charge is -2.64. The van der Waals surface area contributed by atoms with E-state index in [1.807, 2.05) is 16.8 Å². The number of aliphatic hydroxyl groups excluding tert-OH is 1. The summed E-state index contributed by atoms with van der Waals surface area (Å²) in [5.74, 6) is 1.80. The van der Waals surface area contributed by atoms with Crippen LogP contribution in [0.5, 0.6) is 0 Å². The Balaban J connectivity index is 0.00000136. The van der Waals surface area contributed by atoms with Crippen LogP contribution in [0.25, 0.3) is 0 Å². The smallest absolute Gasteiger partial charge is 0.335 e. The molecule has 0 aromatic heterocycles. The fraction of sp³-hybridized carbons (Fsp3) is 0.950. The van der Waals surface area contributed by atoms with E-state index in [-0.39, 0.29) is 52.2 Å². The predicted octanol–water partition coefficient (Wildman–Crippen LogP) is 4.90. The highest BCUT2D eigenvalue weighted by atomic mass is 32.1. The first-order valence-corrected chi connectivity index (χ1v) is 20.9. The van der Waals surface area contributed by atoms with E-state index in [1.54, 1.807) is 6.92 Å². The van der Waals surface area contributed by atoms with Crippen molar-refractivity contribution in [1.82, 2.24) is 9.80 Å². The lowest BCUT2D eigenvalue weighted by Crippen LogP contribution is -2.60. The van der Waals surface area contributed by atoms with Gasteiger partial charge in [-0.1, -0.05) is 34.6 Å². The zero-order valence-electron chi connectivity index (χ0n) is 32.5. The van der Waals surface area contributed by atoms with Gasteiger partial charge in [0.1, 0.15) is 6.04 Å². The van der Waals surface area contributed by atoms with E-state index in [4.69, 9.17) is 22.6 Å². The Morgan fingerprint density at radius 1 is 1.02 bits per heavy atom. The Labute approximate surface area is 313 Å². The van der Waals surface area contributed by atoms with Gasteiger partial charge >= 0.3 is 17.5 Å². The molecule has 1 amide bonds. The second-order valence-corrected chi connectivity index (χ2v) is 19.7. The van der Waals surface area contributed by atoms with Crippen molar-refractivity contribution < 1.29 is 42.4 Å². The fourth-order valence-electron chi connectivity index (χ4n) is 14.2. The molecule has 2 N–H and O–H groups in total.